The van der Waals surface area contributed by atoms with E-state index in [0.29, 0.717) is 6.42 Å². The highest BCUT2D eigenvalue weighted by atomic mass is 16.3. The minimum Gasteiger partial charge on any atom is -0.396 e. The number of piperidine rings is 1. The lowest BCUT2D eigenvalue weighted by Gasteiger charge is -2.46. The van der Waals surface area contributed by atoms with Gasteiger partial charge in [-0.1, -0.05) is 29.8 Å². The standard InChI is InChI=1S/C21H26N2O2/c1-4-13-11-22(2)19-9-16-14-7-5-6-8-18(14)23(3)21(16)20(25)10-15(13)17(19)12-24/h4-8,15,17,19,24H,9-12H2,1-3H3/t15-,17+,19-/m0/s1. The summed E-state index contributed by atoms with van der Waals surface area (Å²) in [6.07, 6.45) is 3.45. The molecule has 1 aliphatic heterocycles. The molecule has 2 aliphatic rings. The third-order valence-corrected chi connectivity index (χ3v) is 6.36. The third-order valence-electron chi connectivity index (χ3n) is 6.36. The average Bonchev–Trinajstić information content (AvgIpc) is 2.88. The molecule has 0 saturated carbocycles. The second-order valence-electron chi connectivity index (χ2n) is 7.53. The van der Waals surface area contributed by atoms with E-state index >= 15 is 0 Å². The van der Waals surface area contributed by atoms with Gasteiger partial charge in [0.05, 0.1) is 5.69 Å². The minimum absolute atomic E-state index is 0.112. The fourth-order valence-electron chi connectivity index (χ4n) is 5.08. The molecule has 0 unspecified atom stereocenters. The summed E-state index contributed by atoms with van der Waals surface area (Å²) in [4.78, 5) is 15.6. The monoisotopic (exact) mass is 338 g/mol. The molecule has 1 N–H and O–H groups in total. The molecule has 132 valence electrons. The van der Waals surface area contributed by atoms with Crippen molar-refractivity contribution in [1.82, 2.24) is 9.47 Å². The fourth-order valence-corrected chi connectivity index (χ4v) is 5.08. The molecule has 2 aromatic rings. The first kappa shape index (κ1) is 16.6. The summed E-state index contributed by atoms with van der Waals surface area (Å²) >= 11 is 0. The summed E-state index contributed by atoms with van der Waals surface area (Å²) in [5, 5.41) is 11.3. The molecule has 2 bridgehead atoms. The Kier molecular flexibility index (Phi) is 4.05. The predicted molar refractivity (Wildman–Crippen MR) is 99.8 cm³/mol. The second kappa shape index (κ2) is 6.11. The van der Waals surface area contributed by atoms with Crippen molar-refractivity contribution >= 4 is 16.7 Å². The zero-order chi connectivity index (χ0) is 17.7. The molecule has 1 saturated heterocycles. The van der Waals surface area contributed by atoms with Gasteiger partial charge in [-0.15, -0.1) is 0 Å². The quantitative estimate of drug-likeness (QED) is 0.813. The van der Waals surface area contributed by atoms with E-state index < -0.39 is 0 Å². The normalized spacial score (nSPS) is 28.9. The summed E-state index contributed by atoms with van der Waals surface area (Å²) in [6.45, 7) is 3.06. The van der Waals surface area contributed by atoms with Gasteiger partial charge in [-0.05, 0) is 37.9 Å². The van der Waals surface area contributed by atoms with E-state index in [4.69, 9.17) is 0 Å². The van der Waals surface area contributed by atoms with Crippen LogP contribution in [0.3, 0.4) is 0 Å². The third kappa shape index (κ3) is 2.39. The van der Waals surface area contributed by atoms with Crippen LogP contribution in [0.4, 0.5) is 0 Å². The number of nitrogens with zero attached hydrogens (tertiary/aromatic N) is 2. The van der Waals surface area contributed by atoms with Gasteiger partial charge in [0, 0.05) is 49.5 Å². The Labute approximate surface area is 148 Å². The van der Waals surface area contributed by atoms with E-state index in [1.54, 1.807) is 0 Å². The lowest BCUT2D eigenvalue weighted by molar-refractivity contribution is 0.0516. The number of benzene rings is 1. The number of hydrogen-bond acceptors (Lipinski definition) is 3. The van der Waals surface area contributed by atoms with Gasteiger partial charge >= 0.3 is 0 Å². The van der Waals surface area contributed by atoms with Gasteiger partial charge in [0.2, 0.25) is 0 Å². The molecular formula is C21H26N2O2. The number of aliphatic hydroxyl groups excluding tert-OH is 1. The van der Waals surface area contributed by atoms with E-state index in [9.17, 15) is 9.90 Å². The number of aryl methyl sites for hydroxylation is 1. The smallest absolute Gasteiger partial charge is 0.180 e. The number of likely N-dealkylation sites (tertiary alicyclic amines) is 1. The van der Waals surface area contributed by atoms with Crippen LogP contribution in [0.2, 0.25) is 0 Å². The number of para-hydroxylation sites is 1. The van der Waals surface area contributed by atoms with Gasteiger partial charge in [-0.3, -0.25) is 9.69 Å². The molecule has 3 atom stereocenters. The van der Waals surface area contributed by atoms with Gasteiger partial charge < -0.3 is 9.67 Å². The molecule has 25 heavy (non-hydrogen) atoms. The van der Waals surface area contributed by atoms with Crippen LogP contribution in [0.15, 0.2) is 35.9 Å². The number of carbonyl (C=O) groups excluding carboxylic acids is 1. The zero-order valence-electron chi connectivity index (χ0n) is 15.2. The summed E-state index contributed by atoms with van der Waals surface area (Å²) in [6, 6.07) is 8.54. The molecule has 0 spiro atoms. The topological polar surface area (TPSA) is 45.5 Å². The molecule has 2 heterocycles. The SMILES string of the molecule is CC=C1CN(C)[C@H]2Cc3c(n(C)c4ccccc34)C(=O)C[C@@H]1[C@H]2CO. The van der Waals surface area contributed by atoms with Crippen LogP contribution < -0.4 is 0 Å². The minimum atomic E-state index is 0.112. The fraction of sp³-hybridized carbons (Fsp3) is 0.476. The van der Waals surface area contributed by atoms with E-state index in [1.807, 2.05) is 26.1 Å². The largest absolute Gasteiger partial charge is 0.396 e. The van der Waals surface area contributed by atoms with Crippen molar-refractivity contribution in [3.8, 4) is 0 Å². The van der Waals surface area contributed by atoms with E-state index in [1.165, 1.54) is 11.0 Å². The number of carbonyl (C=O) groups is 1. The summed E-state index contributed by atoms with van der Waals surface area (Å²) in [5.41, 5.74) is 4.42. The number of ketones is 1. The number of fused-ring (bicyclic) bond motifs is 5. The summed E-state index contributed by atoms with van der Waals surface area (Å²) in [5.74, 6) is 0.468. The zero-order valence-corrected chi connectivity index (χ0v) is 15.2. The number of hydrogen-bond donors (Lipinski definition) is 1. The van der Waals surface area contributed by atoms with Crippen LogP contribution in [-0.2, 0) is 13.5 Å². The first-order valence-corrected chi connectivity index (χ1v) is 9.12. The predicted octanol–water partition coefficient (Wildman–Crippen LogP) is 2.79. The lowest BCUT2D eigenvalue weighted by atomic mass is 9.71. The second-order valence-corrected chi connectivity index (χ2v) is 7.53. The van der Waals surface area contributed by atoms with E-state index in [0.717, 1.165) is 29.7 Å². The Morgan fingerprint density at radius 1 is 1.24 bits per heavy atom. The van der Waals surface area contributed by atoms with Crippen LogP contribution in [-0.4, -0.2) is 46.6 Å². The number of Topliss-reactive ketones (excluding diaryl/α,β-unsaturated/α-hetero) is 1. The summed E-state index contributed by atoms with van der Waals surface area (Å²) in [7, 11) is 4.14. The maximum Gasteiger partial charge on any atom is 0.180 e. The molecule has 1 aromatic carbocycles. The van der Waals surface area contributed by atoms with Gasteiger partial charge in [0.25, 0.3) is 0 Å². The number of likely N-dealkylation sites (N-methyl/N-ethyl adjacent to an activating group) is 1. The highest BCUT2D eigenvalue weighted by molar-refractivity contribution is 6.03. The van der Waals surface area contributed by atoms with Crippen molar-refractivity contribution in [2.45, 2.75) is 25.8 Å². The van der Waals surface area contributed by atoms with Crippen LogP contribution in [0, 0.1) is 11.8 Å². The molecule has 0 amide bonds. The van der Waals surface area contributed by atoms with Crippen LogP contribution in [0.1, 0.15) is 29.4 Å². The van der Waals surface area contributed by atoms with E-state index in [2.05, 4.69) is 34.7 Å². The van der Waals surface area contributed by atoms with Gasteiger partial charge in [-0.2, -0.15) is 0 Å². The van der Waals surface area contributed by atoms with Gasteiger partial charge in [-0.25, -0.2) is 0 Å². The maximum atomic E-state index is 13.2. The van der Waals surface area contributed by atoms with Crippen molar-refractivity contribution in [1.29, 1.82) is 0 Å². The van der Waals surface area contributed by atoms with Crippen LogP contribution in [0.5, 0.6) is 0 Å². The molecule has 1 aliphatic carbocycles. The summed E-state index contributed by atoms with van der Waals surface area (Å²) < 4.78 is 2.07. The van der Waals surface area contributed by atoms with Crippen molar-refractivity contribution in [2.24, 2.45) is 18.9 Å². The van der Waals surface area contributed by atoms with E-state index in [-0.39, 0.29) is 30.3 Å². The molecular weight excluding hydrogens is 312 g/mol. The molecule has 1 aromatic heterocycles. The Hall–Kier alpha value is -1.91. The maximum absolute atomic E-state index is 13.2. The Morgan fingerprint density at radius 2 is 2.00 bits per heavy atom. The first-order chi connectivity index (χ1) is 12.1. The molecule has 4 nitrogen and oxygen atoms in total. The Morgan fingerprint density at radius 3 is 2.72 bits per heavy atom. The van der Waals surface area contributed by atoms with Crippen molar-refractivity contribution in [3.05, 3.63) is 47.2 Å². The highest BCUT2D eigenvalue weighted by Gasteiger charge is 2.42. The molecule has 4 heteroatoms. The molecule has 1 fully saturated rings. The molecule has 4 rings (SSSR count). The van der Waals surface area contributed by atoms with Crippen molar-refractivity contribution < 1.29 is 9.90 Å². The van der Waals surface area contributed by atoms with Crippen LogP contribution in [0.25, 0.3) is 10.9 Å². The number of allylic oxidation sites excluding steroid dienone is 1. The van der Waals surface area contributed by atoms with Gasteiger partial charge in [0.1, 0.15) is 0 Å². The number of rotatable bonds is 1. The first-order valence-electron chi connectivity index (χ1n) is 9.12. The Balaban J connectivity index is 1.93. The lowest BCUT2D eigenvalue weighted by Crippen LogP contribution is -2.52. The van der Waals surface area contributed by atoms with Crippen LogP contribution >= 0.6 is 0 Å². The number of aromatic nitrogens is 1. The van der Waals surface area contributed by atoms with Gasteiger partial charge in [0.15, 0.2) is 5.78 Å². The average molecular weight is 338 g/mol. The van der Waals surface area contributed by atoms with Crippen molar-refractivity contribution in [3.63, 3.8) is 0 Å². The van der Waals surface area contributed by atoms with Crippen molar-refractivity contribution in [2.75, 3.05) is 20.2 Å². The Bertz CT molecular complexity index is 864. The highest BCUT2D eigenvalue weighted by Crippen LogP contribution is 2.41. The molecule has 0 radical (unpaired) electrons. The number of aliphatic hydroxyl groups is 1.